The molecule has 33 heavy (non-hydrogen) atoms. The van der Waals surface area contributed by atoms with Crippen molar-refractivity contribution in [3.8, 4) is 5.75 Å². The first kappa shape index (κ1) is 23.5. The second-order valence-corrected chi connectivity index (χ2v) is 6.73. The summed E-state index contributed by atoms with van der Waals surface area (Å²) in [5.41, 5.74) is -1.22. The highest BCUT2D eigenvalue weighted by atomic mass is 19.4. The van der Waals surface area contributed by atoms with E-state index in [2.05, 4.69) is 20.9 Å². The van der Waals surface area contributed by atoms with Crippen molar-refractivity contribution >= 4 is 29.0 Å². The van der Waals surface area contributed by atoms with Gasteiger partial charge < -0.3 is 20.7 Å². The molecule has 0 unspecified atom stereocenters. The average molecular weight is 462 g/mol. The number of nitrogens with one attached hydrogen (secondary N) is 3. The van der Waals surface area contributed by atoms with Gasteiger partial charge in [-0.3, -0.25) is 9.59 Å². The van der Waals surface area contributed by atoms with Crippen LogP contribution >= 0.6 is 0 Å². The molecule has 7 nitrogen and oxygen atoms in total. The Balaban J connectivity index is 1.96. The van der Waals surface area contributed by atoms with Gasteiger partial charge in [-0.15, -0.1) is 0 Å². The summed E-state index contributed by atoms with van der Waals surface area (Å²) in [5, 5.41) is 7.74. The van der Waals surface area contributed by atoms with Gasteiger partial charge in [-0.25, -0.2) is 9.37 Å². The molecule has 1 heterocycles. The van der Waals surface area contributed by atoms with E-state index in [9.17, 15) is 27.2 Å². The van der Waals surface area contributed by atoms with Gasteiger partial charge in [0.15, 0.2) is 5.82 Å². The Bertz CT molecular complexity index is 1180. The standard InChI is InChI=1S/C22H18F4N4O3/c1-27-20(31)13-9-18(19(28-11-13)29-16-3-5-17(33-2)6-4-16)30-21(32)12-7-14(22(24,25)26)10-15(23)8-12/h3-11H,1-2H3,(H,27,31)(H,28,29)(H,30,32). The van der Waals surface area contributed by atoms with Crippen LogP contribution in [0.2, 0.25) is 0 Å². The molecule has 0 bridgehead atoms. The smallest absolute Gasteiger partial charge is 0.416 e. The van der Waals surface area contributed by atoms with E-state index in [0.717, 1.165) is 0 Å². The number of carbonyl (C=O) groups is 2. The van der Waals surface area contributed by atoms with Crippen LogP contribution in [0.4, 0.5) is 34.8 Å². The Hall–Kier alpha value is -4.15. The first-order valence-corrected chi connectivity index (χ1v) is 9.43. The van der Waals surface area contributed by atoms with Crippen molar-refractivity contribution in [1.29, 1.82) is 0 Å². The van der Waals surface area contributed by atoms with Crippen LogP contribution in [-0.4, -0.2) is 31.0 Å². The van der Waals surface area contributed by atoms with Gasteiger partial charge in [-0.05, 0) is 48.5 Å². The molecule has 11 heteroatoms. The van der Waals surface area contributed by atoms with E-state index < -0.39 is 34.9 Å². The second-order valence-electron chi connectivity index (χ2n) is 6.73. The second kappa shape index (κ2) is 9.55. The molecule has 0 spiro atoms. The fourth-order valence-corrected chi connectivity index (χ4v) is 2.82. The number of benzene rings is 2. The van der Waals surface area contributed by atoms with Crippen molar-refractivity contribution in [3.05, 3.63) is 77.2 Å². The van der Waals surface area contributed by atoms with Gasteiger partial charge in [0.1, 0.15) is 11.6 Å². The lowest BCUT2D eigenvalue weighted by molar-refractivity contribution is -0.137. The van der Waals surface area contributed by atoms with Crippen molar-refractivity contribution in [2.45, 2.75) is 6.18 Å². The Labute approximate surface area is 185 Å². The number of alkyl halides is 3. The van der Waals surface area contributed by atoms with E-state index in [1.54, 1.807) is 24.3 Å². The van der Waals surface area contributed by atoms with Gasteiger partial charge in [0.2, 0.25) is 0 Å². The van der Waals surface area contributed by atoms with Crippen LogP contribution in [0.1, 0.15) is 26.3 Å². The minimum absolute atomic E-state index is 0.00487. The van der Waals surface area contributed by atoms with E-state index in [1.807, 2.05) is 0 Å². The van der Waals surface area contributed by atoms with Crippen LogP contribution in [0.3, 0.4) is 0 Å². The summed E-state index contributed by atoms with van der Waals surface area (Å²) in [5.74, 6) is -2.03. The highest BCUT2D eigenvalue weighted by Gasteiger charge is 2.32. The van der Waals surface area contributed by atoms with Crippen LogP contribution < -0.4 is 20.7 Å². The summed E-state index contributed by atoms with van der Waals surface area (Å²) in [6.07, 6.45) is -3.58. The van der Waals surface area contributed by atoms with Gasteiger partial charge in [0.25, 0.3) is 11.8 Å². The highest BCUT2D eigenvalue weighted by molar-refractivity contribution is 6.07. The predicted octanol–water partition coefficient (Wildman–Crippen LogP) is 4.60. The normalized spacial score (nSPS) is 11.0. The number of hydrogen-bond donors (Lipinski definition) is 3. The van der Waals surface area contributed by atoms with Crippen molar-refractivity contribution in [3.63, 3.8) is 0 Å². The van der Waals surface area contributed by atoms with Gasteiger partial charge in [0, 0.05) is 24.5 Å². The van der Waals surface area contributed by atoms with E-state index in [1.165, 1.54) is 26.4 Å². The fraction of sp³-hybridized carbons (Fsp3) is 0.136. The van der Waals surface area contributed by atoms with Crippen molar-refractivity contribution in [1.82, 2.24) is 10.3 Å². The van der Waals surface area contributed by atoms with E-state index in [4.69, 9.17) is 4.74 Å². The molecule has 3 aromatic rings. The molecule has 0 saturated carbocycles. The SMILES string of the molecule is CNC(=O)c1cnc(Nc2ccc(OC)cc2)c(NC(=O)c2cc(F)cc(C(F)(F)F)c2)c1. The van der Waals surface area contributed by atoms with Crippen LogP contribution in [-0.2, 0) is 6.18 Å². The zero-order valence-electron chi connectivity index (χ0n) is 17.4. The van der Waals surface area contributed by atoms with Crippen molar-refractivity contribution in [2.75, 3.05) is 24.8 Å². The number of nitrogens with zero attached hydrogens (tertiary/aromatic N) is 1. The van der Waals surface area contributed by atoms with Crippen LogP contribution in [0.5, 0.6) is 5.75 Å². The average Bonchev–Trinajstić information content (AvgIpc) is 2.79. The van der Waals surface area contributed by atoms with E-state index >= 15 is 0 Å². The number of amides is 2. The van der Waals surface area contributed by atoms with Gasteiger partial charge in [0.05, 0.1) is 23.9 Å². The number of halogens is 4. The molecule has 2 amide bonds. The third-order valence-corrected chi connectivity index (χ3v) is 4.47. The quantitative estimate of drug-likeness (QED) is 0.466. The number of methoxy groups -OCH3 is 1. The highest BCUT2D eigenvalue weighted by Crippen LogP contribution is 2.31. The minimum Gasteiger partial charge on any atom is -0.497 e. The van der Waals surface area contributed by atoms with E-state index in [-0.39, 0.29) is 17.1 Å². The van der Waals surface area contributed by atoms with Crippen LogP contribution in [0.15, 0.2) is 54.7 Å². The van der Waals surface area contributed by atoms with Crippen molar-refractivity contribution in [2.24, 2.45) is 0 Å². The molecule has 0 aliphatic rings. The minimum atomic E-state index is -4.83. The summed E-state index contributed by atoms with van der Waals surface area (Å²) >= 11 is 0. The number of carbonyl (C=O) groups excluding carboxylic acids is 2. The predicted molar refractivity (Wildman–Crippen MR) is 113 cm³/mol. The first-order valence-electron chi connectivity index (χ1n) is 9.43. The van der Waals surface area contributed by atoms with Gasteiger partial charge in [-0.2, -0.15) is 13.2 Å². The summed E-state index contributed by atoms with van der Waals surface area (Å²) in [7, 11) is 2.90. The molecule has 172 valence electrons. The third-order valence-electron chi connectivity index (χ3n) is 4.47. The Kier molecular flexibility index (Phi) is 6.80. The van der Waals surface area contributed by atoms with Gasteiger partial charge >= 0.3 is 6.18 Å². The molecular formula is C22H18F4N4O3. The van der Waals surface area contributed by atoms with Crippen LogP contribution in [0.25, 0.3) is 0 Å². The largest absolute Gasteiger partial charge is 0.497 e. The number of pyridine rings is 1. The topological polar surface area (TPSA) is 92.3 Å². The summed E-state index contributed by atoms with van der Waals surface area (Å²) in [4.78, 5) is 28.8. The summed E-state index contributed by atoms with van der Waals surface area (Å²) < 4.78 is 57.8. The molecule has 0 saturated heterocycles. The maximum absolute atomic E-state index is 13.7. The van der Waals surface area contributed by atoms with Crippen LogP contribution in [0, 0.1) is 5.82 Å². The molecule has 0 radical (unpaired) electrons. The lowest BCUT2D eigenvalue weighted by atomic mass is 10.1. The number of anilines is 3. The molecule has 3 N–H and O–H groups in total. The molecule has 0 aliphatic carbocycles. The summed E-state index contributed by atoms with van der Waals surface area (Å²) in [6, 6.07) is 9.47. The fourth-order valence-electron chi connectivity index (χ4n) is 2.82. The van der Waals surface area contributed by atoms with Crippen molar-refractivity contribution < 1.29 is 31.9 Å². The zero-order valence-corrected chi connectivity index (χ0v) is 17.4. The lowest BCUT2D eigenvalue weighted by Crippen LogP contribution is -2.20. The number of aromatic nitrogens is 1. The molecule has 0 aliphatic heterocycles. The van der Waals surface area contributed by atoms with Gasteiger partial charge in [-0.1, -0.05) is 0 Å². The third kappa shape index (κ3) is 5.76. The molecule has 1 aromatic heterocycles. The summed E-state index contributed by atoms with van der Waals surface area (Å²) in [6.45, 7) is 0. The number of hydrogen-bond acceptors (Lipinski definition) is 5. The molecule has 3 rings (SSSR count). The molecular weight excluding hydrogens is 444 g/mol. The first-order chi connectivity index (χ1) is 15.6. The number of rotatable bonds is 6. The molecule has 0 atom stereocenters. The molecule has 2 aromatic carbocycles. The van der Waals surface area contributed by atoms with E-state index in [0.29, 0.717) is 29.6 Å². The lowest BCUT2D eigenvalue weighted by Gasteiger charge is -2.15. The maximum atomic E-state index is 13.7. The maximum Gasteiger partial charge on any atom is 0.416 e. The monoisotopic (exact) mass is 462 g/mol. The Morgan fingerprint density at radius 2 is 1.67 bits per heavy atom. The Morgan fingerprint density at radius 3 is 2.27 bits per heavy atom. The zero-order chi connectivity index (χ0) is 24.2. The molecule has 0 fully saturated rings. The Morgan fingerprint density at radius 1 is 0.970 bits per heavy atom. The number of ether oxygens (including phenoxy) is 1.